The highest BCUT2D eigenvalue weighted by molar-refractivity contribution is 6.06. The Bertz CT molecular complexity index is 1330. The molecule has 2 amide bonds. The lowest BCUT2D eigenvalue weighted by molar-refractivity contribution is -0.109. The molecule has 1 N–H and O–H groups in total. The van der Waals surface area contributed by atoms with Crippen molar-refractivity contribution in [3.63, 3.8) is 0 Å². The molecule has 2 aromatic rings. The minimum Gasteiger partial charge on any atom is -0.357 e. The van der Waals surface area contributed by atoms with Gasteiger partial charge in [0.2, 0.25) is 12.8 Å². The summed E-state index contributed by atoms with van der Waals surface area (Å²) in [6, 6.07) is 0.971. The van der Waals surface area contributed by atoms with Crippen LogP contribution in [0.1, 0.15) is 62.7 Å². The van der Waals surface area contributed by atoms with Gasteiger partial charge in [0.1, 0.15) is 29.5 Å². The molecule has 0 aromatic carbocycles. The normalized spacial score (nSPS) is 14.0. The maximum Gasteiger partial charge on any atom is 0.220 e. The van der Waals surface area contributed by atoms with Crippen molar-refractivity contribution < 1.29 is 18.4 Å². The van der Waals surface area contributed by atoms with Crippen LogP contribution < -0.4 is 10.2 Å². The van der Waals surface area contributed by atoms with Gasteiger partial charge in [0.25, 0.3) is 0 Å². The van der Waals surface area contributed by atoms with E-state index < -0.39 is 11.6 Å². The Balaban J connectivity index is 2.36. The number of allylic oxidation sites excluding steroid dienone is 4. The molecule has 0 spiro atoms. The molecule has 1 atom stereocenters. The van der Waals surface area contributed by atoms with E-state index in [0.29, 0.717) is 74.4 Å². The van der Waals surface area contributed by atoms with Crippen LogP contribution in [0.15, 0.2) is 48.0 Å². The summed E-state index contributed by atoms with van der Waals surface area (Å²) in [5, 5.41) is 2.68. The lowest BCUT2D eigenvalue weighted by Crippen LogP contribution is -2.45. The molecule has 0 saturated carbocycles. The van der Waals surface area contributed by atoms with Gasteiger partial charge in [0.05, 0.1) is 22.6 Å². The van der Waals surface area contributed by atoms with Crippen molar-refractivity contribution >= 4 is 35.7 Å². The Morgan fingerprint density at radius 3 is 2.41 bits per heavy atom. The zero-order chi connectivity index (χ0) is 29.9. The Morgan fingerprint density at radius 2 is 1.85 bits per heavy atom. The van der Waals surface area contributed by atoms with Gasteiger partial charge >= 0.3 is 0 Å². The van der Waals surface area contributed by atoms with Crippen LogP contribution >= 0.6 is 0 Å². The van der Waals surface area contributed by atoms with Crippen molar-refractivity contribution in [2.24, 2.45) is 4.99 Å². The Hall–Kier alpha value is -4.28. The number of nitrogens with zero attached hydrogens (tertiary/aromatic N) is 6. The van der Waals surface area contributed by atoms with E-state index in [2.05, 4.69) is 31.8 Å². The number of amidine groups is 1. The molecule has 0 radical (unpaired) electrons. The van der Waals surface area contributed by atoms with E-state index in [4.69, 9.17) is 0 Å². The number of amides is 2. The highest BCUT2D eigenvalue weighted by Gasteiger charge is 2.30. The molecule has 218 valence electrons. The van der Waals surface area contributed by atoms with Crippen molar-refractivity contribution in [3.05, 3.63) is 71.5 Å². The van der Waals surface area contributed by atoms with Gasteiger partial charge in [-0.25, -0.2) is 23.7 Å². The van der Waals surface area contributed by atoms with Crippen LogP contribution in [0.3, 0.4) is 0 Å². The topological polar surface area (TPSA) is 104 Å². The molecular weight excluding hydrogens is 528 g/mol. The summed E-state index contributed by atoms with van der Waals surface area (Å²) >= 11 is 0. The van der Waals surface area contributed by atoms with E-state index in [0.717, 1.165) is 0 Å². The molecule has 0 bridgehead atoms. The van der Waals surface area contributed by atoms with Crippen molar-refractivity contribution in [3.8, 4) is 0 Å². The first-order valence-electron chi connectivity index (χ1n) is 13.7. The Kier molecular flexibility index (Phi) is 11.4. The second-order valence-corrected chi connectivity index (χ2v) is 9.43. The number of hydrogen-bond acceptors (Lipinski definition) is 6. The fraction of sp³-hybridized carbons (Fsp3) is 0.400. The van der Waals surface area contributed by atoms with Gasteiger partial charge in [-0.3, -0.25) is 19.5 Å². The molecule has 0 saturated heterocycles. The van der Waals surface area contributed by atoms with Crippen LogP contribution in [0, 0.1) is 5.82 Å². The number of anilines is 2. The molecule has 41 heavy (non-hydrogen) atoms. The van der Waals surface area contributed by atoms with Crippen LogP contribution in [0.25, 0.3) is 5.57 Å². The van der Waals surface area contributed by atoms with E-state index in [1.807, 2.05) is 25.7 Å². The second-order valence-electron chi connectivity index (χ2n) is 9.43. The zero-order valence-corrected chi connectivity index (χ0v) is 24.0. The first-order valence-corrected chi connectivity index (χ1v) is 13.7. The fourth-order valence-corrected chi connectivity index (χ4v) is 4.83. The summed E-state index contributed by atoms with van der Waals surface area (Å²) in [4.78, 5) is 45.0. The number of pyridine rings is 1. The monoisotopic (exact) mass is 565 g/mol. The third-order valence-electron chi connectivity index (χ3n) is 6.85. The van der Waals surface area contributed by atoms with Crippen molar-refractivity contribution in [1.29, 1.82) is 0 Å². The Morgan fingerprint density at radius 1 is 1.17 bits per heavy atom. The average Bonchev–Trinajstić information content (AvgIpc) is 2.99. The maximum absolute atomic E-state index is 15.9. The smallest absolute Gasteiger partial charge is 0.220 e. The molecule has 0 fully saturated rings. The largest absolute Gasteiger partial charge is 0.357 e. The summed E-state index contributed by atoms with van der Waals surface area (Å²) in [5.41, 5.74) is 1.69. The van der Waals surface area contributed by atoms with E-state index in [1.54, 1.807) is 19.2 Å². The number of aryl methyl sites for hydroxylation is 2. The van der Waals surface area contributed by atoms with Crippen LogP contribution in [0.2, 0.25) is 0 Å². The highest BCUT2D eigenvalue weighted by Crippen LogP contribution is 2.36. The van der Waals surface area contributed by atoms with Crippen LogP contribution in [0.5, 0.6) is 0 Å². The van der Waals surface area contributed by atoms with Gasteiger partial charge in [-0.15, -0.1) is 6.58 Å². The minimum absolute atomic E-state index is 0.0326. The molecule has 1 unspecified atom stereocenters. The summed E-state index contributed by atoms with van der Waals surface area (Å²) < 4.78 is 30.8. The van der Waals surface area contributed by atoms with Gasteiger partial charge < -0.3 is 10.2 Å². The number of carbonyl (C=O) groups is 2. The van der Waals surface area contributed by atoms with Gasteiger partial charge in [0, 0.05) is 31.8 Å². The molecule has 1 aliphatic rings. The van der Waals surface area contributed by atoms with Gasteiger partial charge in [-0.2, -0.15) is 0 Å². The fourth-order valence-electron chi connectivity index (χ4n) is 4.83. The van der Waals surface area contributed by atoms with Crippen molar-refractivity contribution in [1.82, 2.24) is 25.2 Å². The summed E-state index contributed by atoms with van der Waals surface area (Å²) in [5.74, 6) is -0.926. The van der Waals surface area contributed by atoms with Crippen molar-refractivity contribution in [2.45, 2.75) is 58.9 Å². The van der Waals surface area contributed by atoms with E-state index in [-0.39, 0.29) is 35.2 Å². The van der Waals surface area contributed by atoms with E-state index in [9.17, 15) is 14.0 Å². The summed E-state index contributed by atoms with van der Waals surface area (Å²) in [7, 11) is 1.56. The van der Waals surface area contributed by atoms with E-state index >= 15 is 4.39 Å². The quantitative estimate of drug-likeness (QED) is 0.152. The number of halogens is 2. The summed E-state index contributed by atoms with van der Waals surface area (Å²) in [6.45, 7) is 10.2. The first kappa shape index (κ1) is 31.3. The average molecular weight is 566 g/mol. The SMILES string of the molecule is C=CCCN(C(=NC)c1cc(F)c(C2=CCCC=C2F)nc1N(C=O)c1c(CC)ncnc1CC)C(C)CNC=O. The maximum atomic E-state index is 15.9. The van der Waals surface area contributed by atoms with Crippen LogP contribution in [-0.2, 0) is 22.4 Å². The van der Waals surface area contributed by atoms with E-state index in [1.165, 1.54) is 23.4 Å². The second kappa shape index (κ2) is 14.9. The molecule has 3 rings (SSSR count). The molecule has 11 heteroatoms. The molecule has 2 heterocycles. The minimum atomic E-state index is -0.759. The number of carbonyl (C=O) groups excluding carboxylic acids is 2. The summed E-state index contributed by atoms with van der Waals surface area (Å²) in [6.07, 6.45) is 9.98. The molecular formula is C30H37F2N7O2. The molecule has 9 nitrogen and oxygen atoms in total. The van der Waals surface area contributed by atoms with Crippen molar-refractivity contribution in [2.75, 3.05) is 25.0 Å². The van der Waals surface area contributed by atoms with Gasteiger partial charge in [-0.05, 0) is 51.2 Å². The number of aliphatic imine (C=N–C) groups is 1. The number of hydrogen-bond donors (Lipinski definition) is 1. The predicted molar refractivity (Wildman–Crippen MR) is 157 cm³/mol. The molecule has 0 aliphatic heterocycles. The lowest BCUT2D eigenvalue weighted by Gasteiger charge is -2.34. The van der Waals surface area contributed by atoms with Gasteiger partial charge in [-0.1, -0.05) is 26.0 Å². The van der Waals surface area contributed by atoms with Crippen LogP contribution in [-0.4, -0.2) is 64.7 Å². The number of nitrogens with one attached hydrogen (secondary N) is 1. The molecule has 2 aromatic heterocycles. The molecule has 1 aliphatic carbocycles. The zero-order valence-electron chi connectivity index (χ0n) is 24.0. The first-order chi connectivity index (χ1) is 19.9. The third kappa shape index (κ3) is 6.90. The number of rotatable bonds is 14. The standard InChI is InChI=1S/C30H37F2N7O2/c1-6-9-14-38(20(4)16-34-18-40)29(33-5)22-15-24(32)27(21-12-10-11-13-23(21)31)37-30(22)39(19-41)28-25(7-2)35-17-36-26(28)8-3/h6,12-13,15,17-20H,1,7-11,14,16H2,2-5H3,(H,34,40). The lowest BCUT2D eigenvalue weighted by atomic mass is 10.0. The highest BCUT2D eigenvalue weighted by atomic mass is 19.1. The van der Waals surface area contributed by atoms with Crippen LogP contribution in [0.4, 0.5) is 20.3 Å². The predicted octanol–water partition coefficient (Wildman–Crippen LogP) is 4.85. The Labute approximate surface area is 239 Å². The number of aromatic nitrogens is 3. The van der Waals surface area contributed by atoms with Gasteiger partial charge in [0.15, 0.2) is 5.82 Å². The third-order valence-corrected chi connectivity index (χ3v) is 6.85.